The Morgan fingerprint density at radius 2 is 1.89 bits per heavy atom. The third kappa shape index (κ3) is 5.22. The van der Waals surface area contributed by atoms with Gasteiger partial charge in [-0.25, -0.2) is 0 Å². The van der Waals surface area contributed by atoms with E-state index in [-0.39, 0.29) is 11.3 Å². The Balaban J connectivity index is 1.15. The van der Waals surface area contributed by atoms with Crippen LogP contribution in [0.25, 0.3) is 0 Å². The summed E-state index contributed by atoms with van der Waals surface area (Å²) in [5.74, 6) is 3.90. The van der Waals surface area contributed by atoms with Crippen molar-refractivity contribution in [2.75, 3.05) is 14.2 Å². The molecule has 5 atom stereocenters. The van der Waals surface area contributed by atoms with E-state index in [9.17, 15) is 9.59 Å². The van der Waals surface area contributed by atoms with Gasteiger partial charge >= 0.3 is 0 Å². The van der Waals surface area contributed by atoms with Crippen LogP contribution in [-0.2, 0) is 22.6 Å². The lowest BCUT2D eigenvalue weighted by Crippen LogP contribution is -2.44. The van der Waals surface area contributed by atoms with Crippen LogP contribution in [0.3, 0.4) is 0 Å². The first-order valence-electron chi connectivity index (χ1n) is 14.4. The first kappa shape index (κ1) is 26.0. The molecular formula is C33H43NO3. The zero-order chi connectivity index (χ0) is 26.0. The zero-order valence-corrected chi connectivity index (χ0v) is 22.9. The zero-order valence-electron chi connectivity index (χ0n) is 22.9. The number of carbonyl (C=O) groups excluding carboxylic acids is 2. The molecule has 4 nitrogen and oxygen atoms in total. The Morgan fingerprint density at radius 3 is 2.68 bits per heavy atom. The van der Waals surface area contributed by atoms with E-state index in [1.165, 1.54) is 23.1 Å². The van der Waals surface area contributed by atoms with Crippen LogP contribution in [0.1, 0.15) is 87.3 Å². The van der Waals surface area contributed by atoms with E-state index in [0.29, 0.717) is 42.4 Å². The molecule has 37 heavy (non-hydrogen) atoms. The van der Waals surface area contributed by atoms with Crippen molar-refractivity contribution in [3.63, 3.8) is 0 Å². The molecule has 0 unspecified atom stereocenters. The van der Waals surface area contributed by atoms with Crippen LogP contribution in [0.5, 0.6) is 5.75 Å². The minimum absolute atomic E-state index is 0.133. The maximum absolute atomic E-state index is 13.3. The number of unbranched alkanes of at least 4 members (excludes halogenated alkanes) is 2. The van der Waals surface area contributed by atoms with Gasteiger partial charge in [0.25, 0.3) is 0 Å². The normalized spacial score (nSPS) is 28.2. The first-order valence-corrected chi connectivity index (χ1v) is 14.4. The quantitative estimate of drug-likeness (QED) is 0.349. The summed E-state index contributed by atoms with van der Waals surface area (Å²) < 4.78 is 5.48. The molecular weight excluding hydrogens is 458 g/mol. The molecule has 0 N–H and O–H groups in total. The Kier molecular flexibility index (Phi) is 7.74. The molecule has 2 aromatic rings. The minimum Gasteiger partial charge on any atom is -0.497 e. The lowest BCUT2D eigenvalue weighted by Gasteiger charge is -2.50. The van der Waals surface area contributed by atoms with Crippen molar-refractivity contribution in [1.82, 2.24) is 4.90 Å². The summed E-state index contributed by atoms with van der Waals surface area (Å²) in [6.07, 6.45) is 10.1. The number of Topliss-reactive ketones (excluding diaryl/α,β-unsaturated/α-hetero) is 1. The number of methoxy groups -OCH3 is 1. The molecule has 198 valence electrons. The number of ether oxygens (including phenoxy) is 1. The van der Waals surface area contributed by atoms with Gasteiger partial charge in [0, 0.05) is 31.8 Å². The standard InChI is InChI=1S/C33H43NO3/c1-33-19-18-28-27-17-15-26(37-3)20-24(27)14-16-29(28)32(33)25(21-30(33)35)12-8-5-9-13-31(36)34(2)22-23-10-6-4-7-11-23/h4,6-7,10-11,15,17,20,25,28-29,32H,5,8-9,12-14,16,18-19,21-22H2,1-3H3/t25-,28-,29-,32+,33-/m1/s1. The van der Waals surface area contributed by atoms with Gasteiger partial charge in [-0.2, -0.15) is 0 Å². The van der Waals surface area contributed by atoms with E-state index in [2.05, 4.69) is 37.3 Å². The molecule has 0 spiro atoms. The number of ketones is 1. The fraction of sp³-hybridized carbons (Fsp3) is 0.576. The van der Waals surface area contributed by atoms with E-state index in [1.807, 2.05) is 30.1 Å². The first-order chi connectivity index (χ1) is 17.9. The largest absolute Gasteiger partial charge is 0.497 e. The second kappa shape index (κ2) is 11.0. The van der Waals surface area contributed by atoms with Crippen molar-refractivity contribution in [1.29, 1.82) is 0 Å². The number of hydrogen-bond acceptors (Lipinski definition) is 3. The average molecular weight is 502 g/mol. The SMILES string of the molecule is COc1ccc2c(c1)CC[C@H]1[C@@H]3[C@H](CCCCCC(=O)N(C)Cc4ccccc4)CC(=O)[C@@]3(C)CC[C@H]21. The van der Waals surface area contributed by atoms with Crippen molar-refractivity contribution in [3.8, 4) is 5.75 Å². The summed E-state index contributed by atoms with van der Waals surface area (Å²) in [7, 11) is 3.64. The maximum atomic E-state index is 13.3. The Hall–Kier alpha value is -2.62. The van der Waals surface area contributed by atoms with Crippen molar-refractivity contribution < 1.29 is 14.3 Å². The number of aryl methyl sites for hydroxylation is 1. The van der Waals surface area contributed by atoms with Crippen molar-refractivity contribution in [3.05, 3.63) is 65.2 Å². The Bertz CT molecular complexity index is 1110. The van der Waals surface area contributed by atoms with Gasteiger partial charge in [-0.1, -0.05) is 56.2 Å². The van der Waals surface area contributed by atoms with Gasteiger partial charge in [0.05, 0.1) is 7.11 Å². The molecule has 1 amide bonds. The number of nitrogens with zero attached hydrogens (tertiary/aromatic N) is 1. The highest BCUT2D eigenvalue weighted by Crippen LogP contribution is 2.62. The predicted molar refractivity (Wildman–Crippen MR) is 147 cm³/mol. The lowest BCUT2D eigenvalue weighted by molar-refractivity contribution is -0.130. The van der Waals surface area contributed by atoms with Gasteiger partial charge in [0.1, 0.15) is 11.5 Å². The molecule has 4 heteroatoms. The van der Waals surface area contributed by atoms with E-state index < -0.39 is 0 Å². The number of amides is 1. The van der Waals surface area contributed by atoms with E-state index >= 15 is 0 Å². The van der Waals surface area contributed by atoms with Gasteiger partial charge in [-0.3, -0.25) is 9.59 Å². The average Bonchev–Trinajstić information content (AvgIpc) is 3.17. The summed E-state index contributed by atoms with van der Waals surface area (Å²) in [6.45, 7) is 2.95. The monoisotopic (exact) mass is 501 g/mol. The smallest absolute Gasteiger partial charge is 0.222 e. The van der Waals surface area contributed by atoms with Crippen LogP contribution >= 0.6 is 0 Å². The summed E-state index contributed by atoms with van der Waals surface area (Å²) in [5.41, 5.74) is 4.00. The predicted octanol–water partition coefficient (Wildman–Crippen LogP) is 6.96. The number of rotatable bonds is 9. The summed E-state index contributed by atoms with van der Waals surface area (Å²) in [6, 6.07) is 16.8. The van der Waals surface area contributed by atoms with Gasteiger partial charge in [-0.15, -0.1) is 0 Å². The highest BCUT2D eigenvalue weighted by atomic mass is 16.5. The molecule has 0 saturated heterocycles. The van der Waals surface area contributed by atoms with E-state index in [4.69, 9.17) is 4.74 Å². The van der Waals surface area contributed by atoms with Gasteiger partial charge < -0.3 is 9.64 Å². The lowest BCUT2D eigenvalue weighted by atomic mass is 9.54. The van der Waals surface area contributed by atoms with Crippen LogP contribution in [0.15, 0.2) is 48.5 Å². The molecule has 0 bridgehead atoms. The summed E-state index contributed by atoms with van der Waals surface area (Å²) in [5, 5.41) is 0. The molecule has 5 rings (SSSR count). The van der Waals surface area contributed by atoms with Crippen LogP contribution in [0.2, 0.25) is 0 Å². The van der Waals surface area contributed by atoms with Gasteiger partial charge in [-0.05, 0) is 91.0 Å². The number of carbonyl (C=O) groups is 2. The molecule has 3 aliphatic rings. The summed E-state index contributed by atoms with van der Waals surface area (Å²) in [4.78, 5) is 27.7. The van der Waals surface area contributed by atoms with Crippen LogP contribution in [0.4, 0.5) is 0 Å². The van der Waals surface area contributed by atoms with Crippen LogP contribution in [-0.4, -0.2) is 30.7 Å². The highest BCUT2D eigenvalue weighted by molar-refractivity contribution is 5.87. The topological polar surface area (TPSA) is 46.6 Å². The van der Waals surface area contributed by atoms with Crippen molar-refractivity contribution >= 4 is 11.7 Å². The maximum Gasteiger partial charge on any atom is 0.222 e. The number of fused-ring (bicyclic) bond motifs is 5. The second-order valence-corrected chi connectivity index (χ2v) is 12.1. The Morgan fingerprint density at radius 1 is 1.08 bits per heavy atom. The highest BCUT2D eigenvalue weighted by Gasteiger charge is 2.58. The van der Waals surface area contributed by atoms with E-state index in [0.717, 1.165) is 57.1 Å². The van der Waals surface area contributed by atoms with Crippen LogP contribution < -0.4 is 4.74 Å². The molecule has 2 fully saturated rings. The Labute approximate surface area is 222 Å². The van der Waals surface area contributed by atoms with E-state index in [1.54, 1.807) is 7.11 Å². The third-order valence-corrected chi connectivity index (χ3v) is 9.93. The fourth-order valence-corrected chi connectivity index (χ4v) is 8.01. The number of hydrogen-bond donors (Lipinski definition) is 0. The molecule has 0 aromatic heterocycles. The molecule has 3 aliphatic carbocycles. The molecule has 0 heterocycles. The second-order valence-electron chi connectivity index (χ2n) is 12.1. The van der Waals surface area contributed by atoms with Crippen molar-refractivity contribution in [2.24, 2.45) is 23.2 Å². The minimum atomic E-state index is -0.133. The summed E-state index contributed by atoms with van der Waals surface area (Å²) >= 11 is 0. The third-order valence-electron chi connectivity index (χ3n) is 9.93. The van der Waals surface area contributed by atoms with Crippen molar-refractivity contribution in [2.45, 2.75) is 83.6 Å². The van der Waals surface area contributed by atoms with Gasteiger partial charge in [0.2, 0.25) is 5.91 Å². The molecule has 2 aromatic carbocycles. The molecule has 0 radical (unpaired) electrons. The van der Waals surface area contributed by atoms with Gasteiger partial charge in [0.15, 0.2) is 0 Å². The fourth-order valence-electron chi connectivity index (χ4n) is 8.01. The molecule has 0 aliphatic heterocycles. The number of benzene rings is 2. The molecule has 2 saturated carbocycles. The van der Waals surface area contributed by atoms with Crippen LogP contribution in [0, 0.1) is 23.2 Å².